The molecule has 1 N–H and O–H groups in total. The second kappa shape index (κ2) is 7.30. The second-order valence-corrected chi connectivity index (χ2v) is 6.16. The quantitative estimate of drug-likeness (QED) is 0.875. The van der Waals surface area contributed by atoms with Gasteiger partial charge in [-0.05, 0) is 55.9 Å². The van der Waals surface area contributed by atoms with Crippen molar-refractivity contribution < 1.29 is 9.53 Å². The van der Waals surface area contributed by atoms with Gasteiger partial charge in [-0.15, -0.1) is 0 Å². The fourth-order valence-corrected chi connectivity index (χ4v) is 2.89. The Morgan fingerprint density at radius 2 is 2.00 bits per heavy atom. The molecule has 124 valence electrons. The van der Waals surface area contributed by atoms with Gasteiger partial charge in [0.25, 0.3) is 5.91 Å². The normalized spacial score (nSPS) is 15.0. The molecule has 0 heterocycles. The van der Waals surface area contributed by atoms with Gasteiger partial charge in [0.15, 0.2) is 6.61 Å². The zero-order valence-electron chi connectivity index (χ0n) is 14.1. The maximum Gasteiger partial charge on any atom is 0.277 e. The largest absolute Gasteiger partial charge is 0.483 e. The first-order valence-corrected chi connectivity index (χ1v) is 8.27. The molecular weight excluding hydrogens is 300 g/mol. The Hall–Kier alpha value is -2.62. The Balaban J connectivity index is 1.61. The van der Waals surface area contributed by atoms with Crippen LogP contribution in [0.3, 0.4) is 0 Å². The first-order chi connectivity index (χ1) is 11.6. The molecule has 0 unspecified atom stereocenters. The van der Waals surface area contributed by atoms with E-state index in [0.717, 1.165) is 47.4 Å². The number of carbonyl (C=O) groups is 1. The molecule has 4 heteroatoms. The maximum absolute atomic E-state index is 12.0. The van der Waals surface area contributed by atoms with E-state index < -0.39 is 0 Å². The van der Waals surface area contributed by atoms with Crippen molar-refractivity contribution in [3.63, 3.8) is 0 Å². The molecule has 4 nitrogen and oxygen atoms in total. The fourth-order valence-electron chi connectivity index (χ4n) is 2.89. The zero-order valence-corrected chi connectivity index (χ0v) is 14.1. The number of hydrogen-bond donors (Lipinski definition) is 1. The molecule has 1 aliphatic carbocycles. The van der Waals surface area contributed by atoms with Crippen LogP contribution in [0.15, 0.2) is 47.6 Å². The molecule has 0 spiro atoms. The summed E-state index contributed by atoms with van der Waals surface area (Å²) in [6, 6.07) is 14.2. The van der Waals surface area contributed by atoms with Crippen molar-refractivity contribution in [3.05, 3.63) is 64.7 Å². The lowest BCUT2D eigenvalue weighted by Gasteiger charge is -2.17. The van der Waals surface area contributed by atoms with E-state index in [1.165, 1.54) is 5.56 Å². The average molecular weight is 322 g/mol. The molecule has 0 saturated heterocycles. The molecule has 24 heavy (non-hydrogen) atoms. The lowest BCUT2D eigenvalue weighted by molar-refractivity contribution is -0.123. The zero-order chi connectivity index (χ0) is 16.9. The number of amides is 1. The van der Waals surface area contributed by atoms with Crippen LogP contribution in [0.5, 0.6) is 5.75 Å². The summed E-state index contributed by atoms with van der Waals surface area (Å²) >= 11 is 0. The van der Waals surface area contributed by atoms with Crippen LogP contribution in [0.4, 0.5) is 0 Å². The Bertz CT molecular complexity index is 781. The number of hydrazone groups is 1. The van der Waals surface area contributed by atoms with E-state index in [4.69, 9.17) is 4.74 Å². The number of benzene rings is 2. The predicted octanol–water partition coefficient (Wildman–Crippen LogP) is 3.54. The van der Waals surface area contributed by atoms with Gasteiger partial charge in [-0.25, -0.2) is 5.43 Å². The molecule has 0 saturated carbocycles. The van der Waals surface area contributed by atoms with Gasteiger partial charge < -0.3 is 4.74 Å². The van der Waals surface area contributed by atoms with Crippen LogP contribution in [0.2, 0.25) is 0 Å². The highest BCUT2D eigenvalue weighted by molar-refractivity contribution is 6.03. The fraction of sp³-hybridized carbons (Fsp3) is 0.300. The smallest absolute Gasteiger partial charge is 0.277 e. The molecule has 1 aliphatic rings. The third-order valence-corrected chi connectivity index (χ3v) is 4.21. The molecule has 0 bridgehead atoms. The summed E-state index contributed by atoms with van der Waals surface area (Å²) in [6.07, 6.45) is 3.01. The van der Waals surface area contributed by atoms with E-state index in [1.54, 1.807) is 0 Å². The van der Waals surface area contributed by atoms with Crippen molar-refractivity contribution in [2.45, 2.75) is 33.1 Å². The maximum atomic E-state index is 12.0. The van der Waals surface area contributed by atoms with Crippen LogP contribution < -0.4 is 10.2 Å². The predicted molar refractivity (Wildman–Crippen MR) is 95.5 cm³/mol. The molecule has 0 aromatic heterocycles. The van der Waals surface area contributed by atoms with Crippen molar-refractivity contribution in [3.8, 4) is 5.75 Å². The molecule has 0 radical (unpaired) electrons. The number of hydrogen-bond acceptors (Lipinski definition) is 3. The molecular formula is C20H22N2O2. The Morgan fingerprint density at radius 1 is 1.17 bits per heavy atom. The highest BCUT2D eigenvalue weighted by Crippen LogP contribution is 2.21. The van der Waals surface area contributed by atoms with Gasteiger partial charge in [-0.3, -0.25) is 4.79 Å². The number of nitrogens with zero attached hydrogens (tertiary/aromatic N) is 1. The van der Waals surface area contributed by atoms with E-state index in [9.17, 15) is 4.79 Å². The summed E-state index contributed by atoms with van der Waals surface area (Å²) in [7, 11) is 0. The summed E-state index contributed by atoms with van der Waals surface area (Å²) in [5.74, 6) is 0.493. The highest BCUT2D eigenvalue weighted by atomic mass is 16.5. The Kier molecular flexibility index (Phi) is 4.94. The molecule has 3 rings (SSSR count). The number of rotatable bonds is 4. The van der Waals surface area contributed by atoms with Crippen molar-refractivity contribution in [2.24, 2.45) is 5.10 Å². The lowest BCUT2D eigenvalue weighted by atomic mass is 9.90. The van der Waals surface area contributed by atoms with E-state index in [-0.39, 0.29) is 12.5 Å². The third kappa shape index (κ3) is 3.82. The number of nitrogens with one attached hydrogen (secondary N) is 1. The van der Waals surface area contributed by atoms with Gasteiger partial charge in [-0.2, -0.15) is 5.10 Å². The highest BCUT2D eigenvalue weighted by Gasteiger charge is 2.15. The summed E-state index contributed by atoms with van der Waals surface area (Å²) in [5, 5.41) is 4.31. The summed E-state index contributed by atoms with van der Waals surface area (Å²) in [6.45, 7) is 3.92. The average Bonchev–Trinajstić information content (AvgIpc) is 2.60. The SMILES string of the molecule is Cc1ccc(C)c(OCC(=O)N/N=C2\CCCc3ccccc32)c1. The molecule has 0 aliphatic heterocycles. The number of aryl methyl sites for hydroxylation is 3. The van der Waals surface area contributed by atoms with Crippen molar-refractivity contribution in [1.82, 2.24) is 5.43 Å². The van der Waals surface area contributed by atoms with Gasteiger partial charge in [0, 0.05) is 5.56 Å². The molecule has 2 aromatic carbocycles. The lowest BCUT2D eigenvalue weighted by Crippen LogP contribution is -2.27. The first kappa shape index (κ1) is 16.2. The second-order valence-electron chi connectivity index (χ2n) is 6.16. The van der Waals surface area contributed by atoms with E-state index in [0.29, 0.717) is 0 Å². The van der Waals surface area contributed by atoms with Crippen LogP contribution >= 0.6 is 0 Å². The van der Waals surface area contributed by atoms with Crippen LogP contribution in [0.1, 0.15) is 35.1 Å². The minimum absolute atomic E-state index is 0.0390. The third-order valence-electron chi connectivity index (χ3n) is 4.21. The molecule has 0 fully saturated rings. The van der Waals surface area contributed by atoms with E-state index in [1.807, 2.05) is 44.2 Å². The van der Waals surface area contributed by atoms with Crippen molar-refractivity contribution in [2.75, 3.05) is 6.61 Å². The van der Waals surface area contributed by atoms with Crippen LogP contribution in [-0.2, 0) is 11.2 Å². The van der Waals surface area contributed by atoms with Crippen LogP contribution in [0.25, 0.3) is 0 Å². The standard InChI is InChI=1S/C20H22N2O2/c1-14-10-11-15(2)19(12-14)24-13-20(23)22-21-18-9-5-7-16-6-3-4-8-17(16)18/h3-4,6,8,10-12H,5,7,9,13H2,1-2H3,(H,22,23)/b21-18+. The first-order valence-electron chi connectivity index (χ1n) is 8.27. The van der Waals surface area contributed by atoms with E-state index >= 15 is 0 Å². The molecule has 2 aromatic rings. The molecule has 0 atom stereocenters. The summed E-state index contributed by atoms with van der Waals surface area (Å²) in [4.78, 5) is 12.0. The minimum atomic E-state index is -0.244. The van der Waals surface area contributed by atoms with E-state index in [2.05, 4.69) is 22.7 Å². The number of ether oxygens (including phenoxy) is 1. The van der Waals surface area contributed by atoms with Crippen LogP contribution in [-0.4, -0.2) is 18.2 Å². The van der Waals surface area contributed by atoms with Crippen LogP contribution in [0, 0.1) is 13.8 Å². The Labute approximate surface area is 142 Å². The van der Waals surface area contributed by atoms with Gasteiger partial charge in [0.1, 0.15) is 5.75 Å². The summed E-state index contributed by atoms with van der Waals surface area (Å²) < 4.78 is 5.61. The topological polar surface area (TPSA) is 50.7 Å². The molecule has 1 amide bonds. The van der Waals surface area contributed by atoms with Gasteiger partial charge in [0.2, 0.25) is 0 Å². The van der Waals surface area contributed by atoms with Gasteiger partial charge >= 0.3 is 0 Å². The van der Waals surface area contributed by atoms with Gasteiger partial charge in [-0.1, -0.05) is 36.4 Å². The van der Waals surface area contributed by atoms with Crippen molar-refractivity contribution in [1.29, 1.82) is 0 Å². The van der Waals surface area contributed by atoms with Gasteiger partial charge in [0.05, 0.1) is 5.71 Å². The number of carbonyl (C=O) groups excluding carboxylic acids is 1. The number of fused-ring (bicyclic) bond motifs is 1. The monoisotopic (exact) mass is 322 g/mol. The minimum Gasteiger partial charge on any atom is -0.483 e. The summed E-state index contributed by atoms with van der Waals surface area (Å²) in [5.41, 5.74) is 8.12. The Morgan fingerprint density at radius 3 is 2.88 bits per heavy atom. The van der Waals surface area contributed by atoms with Crippen molar-refractivity contribution >= 4 is 11.6 Å².